The highest BCUT2D eigenvalue weighted by molar-refractivity contribution is 6.31. The molecule has 0 spiro atoms. The van der Waals surface area contributed by atoms with Gasteiger partial charge in [0, 0.05) is 18.8 Å². The standard InChI is InChI=1S/C14H17ClF3NO/c15-12-8-19-6-5-9(12)7-13(20)10-3-1-2-4-11(10)14(16,17)18/h5-6,8,10-11,13,20H,1-4,7H2. The van der Waals surface area contributed by atoms with Crippen LogP contribution in [-0.2, 0) is 6.42 Å². The molecule has 0 saturated heterocycles. The molecule has 2 nitrogen and oxygen atoms in total. The van der Waals surface area contributed by atoms with Crippen molar-refractivity contribution in [3.63, 3.8) is 0 Å². The van der Waals surface area contributed by atoms with Gasteiger partial charge in [-0.05, 0) is 30.4 Å². The van der Waals surface area contributed by atoms with Crippen LogP contribution in [0, 0.1) is 11.8 Å². The van der Waals surface area contributed by atoms with Gasteiger partial charge in [-0.1, -0.05) is 24.4 Å². The van der Waals surface area contributed by atoms with Gasteiger partial charge in [0.15, 0.2) is 0 Å². The molecule has 1 aromatic rings. The Kier molecular flexibility index (Phi) is 4.91. The van der Waals surface area contributed by atoms with Gasteiger partial charge in [-0.3, -0.25) is 4.98 Å². The van der Waals surface area contributed by atoms with E-state index < -0.39 is 24.1 Å². The van der Waals surface area contributed by atoms with Gasteiger partial charge in [0.1, 0.15) is 0 Å². The summed E-state index contributed by atoms with van der Waals surface area (Å²) in [6.45, 7) is 0. The van der Waals surface area contributed by atoms with Crippen molar-refractivity contribution in [2.45, 2.75) is 44.4 Å². The van der Waals surface area contributed by atoms with E-state index in [0.29, 0.717) is 23.4 Å². The van der Waals surface area contributed by atoms with Crippen molar-refractivity contribution in [1.29, 1.82) is 0 Å². The number of nitrogens with zero attached hydrogens (tertiary/aromatic N) is 1. The van der Waals surface area contributed by atoms with Crippen LogP contribution in [0.25, 0.3) is 0 Å². The normalized spacial score (nSPS) is 25.4. The Morgan fingerprint density at radius 1 is 1.35 bits per heavy atom. The molecule has 0 amide bonds. The topological polar surface area (TPSA) is 33.1 Å². The third-order valence-corrected chi connectivity index (χ3v) is 4.36. The van der Waals surface area contributed by atoms with Crippen molar-refractivity contribution in [2.24, 2.45) is 11.8 Å². The van der Waals surface area contributed by atoms with E-state index in [4.69, 9.17) is 11.6 Å². The highest BCUT2D eigenvalue weighted by Crippen LogP contribution is 2.43. The summed E-state index contributed by atoms with van der Waals surface area (Å²) >= 11 is 5.94. The molecule has 0 bridgehead atoms. The number of rotatable bonds is 3. The van der Waals surface area contributed by atoms with Gasteiger partial charge in [-0.25, -0.2) is 0 Å². The van der Waals surface area contributed by atoms with Crippen molar-refractivity contribution < 1.29 is 18.3 Å². The Balaban J connectivity index is 2.10. The quantitative estimate of drug-likeness (QED) is 0.915. The second kappa shape index (κ2) is 6.31. The number of halogens is 4. The SMILES string of the molecule is OC(Cc1ccncc1Cl)C1CCCCC1C(F)(F)F. The highest BCUT2D eigenvalue weighted by atomic mass is 35.5. The van der Waals surface area contributed by atoms with Crippen molar-refractivity contribution in [2.75, 3.05) is 0 Å². The summed E-state index contributed by atoms with van der Waals surface area (Å²) < 4.78 is 39.1. The van der Waals surface area contributed by atoms with Crippen molar-refractivity contribution in [3.05, 3.63) is 29.0 Å². The molecule has 1 aliphatic rings. The van der Waals surface area contributed by atoms with E-state index in [1.54, 1.807) is 6.07 Å². The van der Waals surface area contributed by atoms with Crippen molar-refractivity contribution in [3.8, 4) is 0 Å². The van der Waals surface area contributed by atoms with Gasteiger partial charge in [0.2, 0.25) is 0 Å². The van der Waals surface area contributed by atoms with E-state index in [-0.39, 0.29) is 12.8 Å². The minimum atomic E-state index is -4.24. The molecule has 3 atom stereocenters. The van der Waals surface area contributed by atoms with Crippen LogP contribution in [-0.4, -0.2) is 22.4 Å². The maximum Gasteiger partial charge on any atom is 0.392 e. The first-order valence-corrected chi connectivity index (χ1v) is 7.10. The Labute approximate surface area is 121 Å². The lowest BCUT2D eigenvalue weighted by atomic mass is 9.74. The predicted octanol–water partition coefficient (Wildman–Crippen LogP) is 4.01. The maximum absolute atomic E-state index is 13.0. The molecule has 1 aliphatic carbocycles. The summed E-state index contributed by atoms with van der Waals surface area (Å²) in [6, 6.07) is 1.64. The molecule has 1 aromatic heterocycles. The lowest BCUT2D eigenvalue weighted by molar-refractivity contribution is -0.206. The Morgan fingerprint density at radius 3 is 2.70 bits per heavy atom. The van der Waals surface area contributed by atoms with Crippen LogP contribution >= 0.6 is 11.6 Å². The first-order valence-electron chi connectivity index (χ1n) is 6.72. The lowest BCUT2D eigenvalue weighted by Crippen LogP contribution is -2.40. The number of alkyl halides is 3. The molecule has 6 heteroatoms. The van der Waals surface area contributed by atoms with Crippen molar-refractivity contribution in [1.82, 2.24) is 4.98 Å². The van der Waals surface area contributed by atoms with Crippen LogP contribution in [0.2, 0.25) is 5.02 Å². The molecule has 2 rings (SSSR count). The molecule has 1 N–H and O–H groups in total. The molecule has 0 aliphatic heterocycles. The van der Waals surface area contributed by atoms with Gasteiger partial charge >= 0.3 is 6.18 Å². The fourth-order valence-corrected chi connectivity index (χ4v) is 3.17. The summed E-state index contributed by atoms with van der Waals surface area (Å²) in [7, 11) is 0. The second-order valence-electron chi connectivity index (χ2n) is 5.33. The summed E-state index contributed by atoms with van der Waals surface area (Å²) in [6.07, 6.45) is -0.346. The number of aromatic nitrogens is 1. The molecule has 112 valence electrons. The first kappa shape index (κ1) is 15.6. The Morgan fingerprint density at radius 2 is 2.05 bits per heavy atom. The van der Waals surface area contributed by atoms with Crippen molar-refractivity contribution >= 4 is 11.6 Å². The maximum atomic E-state index is 13.0. The number of pyridine rings is 1. The summed E-state index contributed by atoms with van der Waals surface area (Å²) in [5, 5.41) is 10.6. The van der Waals surface area contributed by atoms with E-state index >= 15 is 0 Å². The average Bonchev–Trinajstić information content (AvgIpc) is 2.40. The van der Waals surface area contributed by atoms with E-state index in [9.17, 15) is 18.3 Å². The molecule has 0 aromatic carbocycles. The van der Waals surface area contributed by atoms with Gasteiger partial charge in [0.25, 0.3) is 0 Å². The van der Waals surface area contributed by atoms with Crippen LogP contribution < -0.4 is 0 Å². The Hall–Kier alpha value is -0.810. The van der Waals surface area contributed by atoms with E-state index in [2.05, 4.69) is 4.98 Å². The zero-order valence-corrected chi connectivity index (χ0v) is 11.7. The van der Waals surface area contributed by atoms with Crippen LogP contribution in [0.15, 0.2) is 18.5 Å². The minimum absolute atomic E-state index is 0.106. The molecular formula is C14H17ClF3NO. The zero-order valence-electron chi connectivity index (χ0n) is 10.9. The minimum Gasteiger partial charge on any atom is -0.392 e. The van der Waals surface area contributed by atoms with Crippen LogP contribution in [0.4, 0.5) is 13.2 Å². The van der Waals surface area contributed by atoms with Gasteiger partial charge in [-0.2, -0.15) is 13.2 Å². The molecule has 1 fully saturated rings. The largest absolute Gasteiger partial charge is 0.392 e. The molecule has 1 heterocycles. The second-order valence-corrected chi connectivity index (χ2v) is 5.74. The summed E-state index contributed by atoms with van der Waals surface area (Å²) in [4.78, 5) is 3.83. The zero-order chi connectivity index (χ0) is 14.8. The molecule has 20 heavy (non-hydrogen) atoms. The van der Waals surface area contributed by atoms with Crippen LogP contribution in [0.5, 0.6) is 0 Å². The number of hydrogen-bond acceptors (Lipinski definition) is 2. The van der Waals surface area contributed by atoms with E-state index in [1.807, 2.05) is 0 Å². The van der Waals surface area contributed by atoms with E-state index in [1.165, 1.54) is 12.4 Å². The smallest absolute Gasteiger partial charge is 0.392 e. The molecule has 1 saturated carbocycles. The predicted molar refractivity (Wildman–Crippen MR) is 70.5 cm³/mol. The van der Waals surface area contributed by atoms with Crippen LogP contribution in [0.1, 0.15) is 31.2 Å². The van der Waals surface area contributed by atoms with Gasteiger partial charge < -0.3 is 5.11 Å². The Bertz CT molecular complexity index is 452. The third kappa shape index (κ3) is 3.64. The fraction of sp³-hybridized carbons (Fsp3) is 0.643. The van der Waals surface area contributed by atoms with Gasteiger partial charge in [0.05, 0.1) is 17.0 Å². The lowest BCUT2D eigenvalue weighted by Gasteiger charge is -2.36. The third-order valence-electron chi connectivity index (χ3n) is 4.02. The molecular weight excluding hydrogens is 291 g/mol. The summed E-state index contributed by atoms with van der Waals surface area (Å²) in [5.74, 6) is -2.15. The monoisotopic (exact) mass is 307 g/mol. The first-order chi connectivity index (χ1) is 9.39. The molecule has 0 radical (unpaired) electrons. The summed E-state index contributed by atoms with van der Waals surface area (Å²) in [5.41, 5.74) is 0.640. The average molecular weight is 308 g/mol. The van der Waals surface area contributed by atoms with Crippen LogP contribution in [0.3, 0.4) is 0 Å². The highest BCUT2D eigenvalue weighted by Gasteiger charge is 2.47. The van der Waals surface area contributed by atoms with E-state index in [0.717, 1.165) is 6.42 Å². The fourth-order valence-electron chi connectivity index (χ4n) is 2.97. The number of aliphatic hydroxyl groups excluding tert-OH is 1. The molecule has 3 unspecified atom stereocenters. The number of aliphatic hydroxyl groups is 1. The van der Waals surface area contributed by atoms with Gasteiger partial charge in [-0.15, -0.1) is 0 Å². The number of hydrogen-bond donors (Lipinski definition) is 1.